The Balaban J connectivity index is 0.000000224. The van der Waals surface area contributed by atoms with Gasteiger partial charge in [0, 0.05) is 29.5 Å². The van der Waals surface area contributed by atoms with Crippen LogP contribution in [0.3, 0.4) is 0 Å². The summed E-state index contributed by atoms with van der Waals surface area (Å²) in [6.45, 7) is 3.82. The van der Waals surface area contributed by atoms with Crippen molar-refractivity contribution in [2.75, 3.05) is 13.0 Å². The fourth-order valence-corrected chi connectivity index (χ4v) is 6.09. The molecule has 6 rings (SSSR count). The van der Waals surface area contributed by atoms with Gasteiger partial charge >= 0.3 is 44.8 Å². The number of rotatable bonds is 16. The number of ketones is 1. The number of benzene rings is 4. The zero-order valence-corrected chi connectivity index (χ0v) is 36.2. The Hall–Kier alpha value is -7.22. The molecule has 2 saturated heterocycles. The zero-order valence-electron chi connectivity index (χ0n) is 36.2. The van der Waals surface area contributed by atoms with Gasteiger partial charge in [-0.3, -0.25) is 24.0 Å². The Bertz CT molecular complexity index is 2370. The first-order valence-electron chi connectivity index (χ1n) is 20.5. The van der Waals surface area contributed by atoms with Crippen LogP contribution in [0, 0.1) is 40.1 Å². The smallest absolute Gasteiger partial charge is 0.488 e. The maximum atomic E-state index is 13.6. The lowest BCUT2D eigenvalue weighted by Crippen LogP contribution is -2.29. The monoisotopic (exact) mass is 908 g/mol. The Kier molecular flexibility index (Phi) is 19.7. The second-order valence-electron chi connectivity index (χ2n) is 15.7. The molecule has 2 aliphatic heterocycles. The fourth-order valence-electron chi connectivity index (χ4n) is 6.09. The molecule has 0 radical (unpaired) electrons. The Morgan fingerprint density at radius 1 is 0.712 bits per heavy atom. The van der Waals surface area contributed by atoms with Crippen LogP contribution >= 0.6 is 0 Å². The molecular weight excluding hydrogens is 863 g/mol. The van der Waals surface area contributed by atoms with Crippen molar-refractivity contribution in [3.63, 3.8) is 0 Å². The number of carbonyl (C=O) groups excluding carboxylic acids is 5. The van der Waals surface area contributed by atoms with E-state index in [9.17, 15) is 32.8 Å². The molecule has 21 heteroatoms. The molecule has 2 N–H and O–H groups in total. The first-order chi connectivity index (χ1) is 31.5. The van der Waals surface area contributed by atoms with Gasteiger partial charge in [-0.1, -0.05) is 48.5 Å². The number of cyclic esters (lactones) is 2. The van der Waals surface area contributed by atoms with E-state index < -0.39 is 61.9 Å². The number of ether oxygens (including phenoxy) is 5. The van der Waals surface area contributed by atoms with Crippen molar-refractivity contribution in [3.8, 4) is 24.0 Å². The molecule has 16 nitrogen and oxygen atoms in total. The number of Topliss-reactive ketones (excluding diaryl/α,β-unsaturated/α-hetero) is 1. The molecule has 2 aliphatic rings. The maximum Gasteiger partial charge on any atom is 0.488 e. The average molecular weight is 908 g/mol. The molecule has 0 bridgehead atoms. The number of nitriles is 2. The van der Waals surface area contributed by atoms with Crippen molar-refractivity contribution in [2.45, 2.75) is 71.3 Å². The van der Waals surface area contributed by atoms with E-state index in [4.69, 9.17) is 48.8 Å². The van der Waals surface area contributed by atoms with Gasteiger partial charge in [-0.15, -0.1) is 0 Å². The van der Waals surface area contributed by atoms with Gasteiger partial charge in [0.1, 0.15) is 49.4 Å². The molecule has 0 aliphatic carbocycles. The molecule has 0 aromatic heterocycles. The van der Waals surface area contributed by atoms with Crippen LogP contribution in [-0.4, -0.2) is 73.7 Å². The number of halogens is 2. The molecule has 2 heterocycles. The minimum absolute atomic E-state index is 0.00692. The summed E-state index contributed by atoms with van der Waals surface area (Å²) < 4.78 is 61.7. The van der Waals surface area contributed by atoms with E-state index in [-0.39, 0.29) is 69.3 Å². The van der Waals surface area contributed by atoms with Crippen molar-refractivity contribution >= 4 is 56.1 Å². The topological polar surface area (TPSA) is 238 Å². The highest BCUT2D eigenvalue weighted by Crippen LogP contribution is 2.29. The summed E-state index contributed by atoms with van der Waals surface area (Å²) in [6.07, 6.45) is 3.42. The number of carbonyl (C=O) groups is 5. The quantitative estimate of drug-likeness (QED) is 0.0365. The molecule has 342 valence electrons. The molecule has 0 saturated carbocycles. The van der Waals surface area contributed by atoms with E-state index in [1.807, 2.05) is 0 Å². The van der Waals surface area contributed by atoms with Crippen LogP contribution in [0.15, 0.2) is 97.1 Å². The van der Waals surface area contributed by atoms with E-state index in [0.717, 1.165) is 0 Å². The summed E-state index contributed by atoms with van der Waals surface area (Å²) in [7, 11) is -1.49. The fraction of sp³-hybridized carbons (Fsp3) is 0.311. The third-order valence-electron chi connectivity index (χ3n) is 9.91. The van der Waals surface area contributed by atoms with E-state index in [2.05, 4.69) is 4.74 Å². The summed E-state index contributed by atoms with van der Waals surface area (Å²) in [5, 5.41) is 34.9. The van der Waals surface area contributed by atoms with Crippen molar-refractivity contribution in [1.82, 2.24) is 0 Å². The number of esters is 4. The molecule has 2 unspecified atom stereocenters. The second kappa shape index (κ2) is 25.3. The molecule has 66 heavy (non-hydrogen) atoms. The Morgan fingerprint density at radius 3 is 1.58 bits per heavy atom. The van der Waals surface area contributed by atoms with Gasteiger partial charge in [-0.05, 0) is 87.6 Å². The predicted octanol–water partition coefficient (Wildman–Crippen LogP) is 5.25. The summed E-state index contributed by atoms with van der Waals surface area (Å²) in [5.74, 6) is -3.33. The van der Waals surface area contributed by atoms with Crippen LogP contribution in [0.1, 0.15) is 67.9 Å². The Morgan fingerprint density at radius 2 is 1.15 bits per heavy atom. The minimum Gasteiger partial charge on any atom is -0.493 e. The van der Waals surface area contributed by atoms with E-state index in [1.54, 1.807) is 112 Å². The standard InChI is InChI=1S/C20H17BFNO5.C13H12BFO3.C12H16BNO6/c22-18-4-2-1-3-15(18)11-26-16-7-5-14(6-8-16)19(24)10-9-17-20(25)27-12-21(17)28-13-23;15-13-4-2-1-3-10(13)9-18-12-7-5-11(6-8-12)14(16)17;1-12(2,3)11(17)20-9(15)5-4-8-10(16)18-6-13(8)19-7-14/h1-8,17H,9-12H2;1-8,16-17H,9H2;8H,4-6H2,1-3H3. The second-order valence-corrected chi connectivity index (χ2v) is 15.7. The molecular formula is C45H45B3F2N2O14. The van der Waals surface area contributed by atoms with Gasteiger partial charge in [0.15, 0.2) is 5.78 Å². The summed E-state index contributed by atoms with van der Waals surface area (Å²) in [5.41, 5.74) is 1.01. The van der Waals surface area contributed by atoms with Gasteiger partial charge in [0.2, 0.25) is 0 Å². The molecule has 4 aromatic rings. The normalized spacial score (nSPS) is 14.9. The van der Waals surface area contributed by atoms with Gasteiger partial charge in [-0.2, -0.15) is 10.5 Å². The number of nitrogens with zero attached hydrogens (tertiary/aromatic N) is 2. The van der Waals surface area contributed by atoms with E-state index in [0.29, 0.717) is 33.7 Å². The third kappa shape index (κ3) is 16.1. The van der Waals surface area contributed by atoms with Crippen LogP contribution in [0.25, 0.3) is 0 Å². The van der Waals surface area contributed by atoms with E-state index in [1.165, 1.54) is 18.4 Å². The van der Waals surface area contributed by atoms with Crippen LogP contribution in [0.5, 0.6) is 11.5 Å². The first kappa shape index (κ1) is 51.4. The van der Waals surface area contributed by atoms with E-state index >= 15 is 0 Å². The van der Waals surface area contributed by atoms with Crippen molar-refractivity contribution < 1.29 is 75.8 Å². The highest BCUT2D eigenvalue weighted by Gasteiger charge is 2.45. The summed E-state index contributed by atoms with van der Waals surface area (Å²) in [6, 6.07) is 25.6. The lowest BCUT2D eigenvalue weighted by molar-refractivity contribution is -0.165. The minimum atomic E-state index is -1.49. The van der Waals surface area contributed by atoms with Gasteiger partial charge < -0.3 is 43.0 Å². The van der Waals surface area contributed by atoms with Crippen LogP contribution in [-0.2, 0) is 55.9 Å². The summed E-state index contributed by atoms with van der Waals surface area (Å²) in [4.78, 5) is 58.5. The lowest BCUT2D eigenvalue weighted by Gasteiger charge is -2.15. The van der Waals surface area contributed by atoms with Crippen molar-refractivity contribution in [1.29, 1.82) is 10.5 Å². The number of hydrogen-bond acceptors (Lipinski definition) is 16. The molecule has 4 aromatic carbocycles. The summed E-state index contributed by atoms with van der Waals surface area (Å²) >= 11 is 0. The average Bonchev–Trinajstić information content (AvgIpc) is 3.83. The third-order valence-corrected chi connectivity index (χ3v) is 9.91. The lowest BCUT2D eigenvalue weighted by atomic mass is 9.57. The highest BCUT2D eigenvalue weighted by molar-refractivity contribution is 6.61. The van der Waals surface area contributed by atoms with Crippen molar-refractivity contribution in [3.05, 3.63) is 125 Å². The first-order valence-corrected chi connectivity index (χ1v) is 20.5. The largest absolute Gasteiger partial charge is 0.493 e. The zero-order chi connectivity index (χ0) is 48.2. The molecule has 2 atom stereocenters. The van der Waals surface area contributed by atoms with Gasteiger partial charge in [-0.25, -0.2) is 8.78 Å². The van der Waals surface area contributed by atoms with Gasteiger partial charge in [0.25, 0.3) is 12.5 Å². The van der Waals surface area contributed by atoms with Gasteiger partial charge in [0.05, 0.1) is 17.0 Å². The molecule has 0 amide bonds. The van der Waals surface area contributed by atoms with Crippen LogP contribution in [0.4, 0.5) is 8.78 Å². The van der Waals surface area contributed by atoms with Crippen LogP contribution < -0.4 is 14.9 Å². The molecule has 2 fully saturated rings. The SMILES string of the molecule is CC(C)(C)C(=O)OC(=O)CCC1B(OC#N)COC1=O.N#COB1COC(=O)C1CCC(=O)c1ccc(OCc2ccccc2F)cc1.OB(O)c1ccc(OCc2ccccc2F)cc1. The maximum absolute atomic E-state index is 13.6. The highest BCUT2D eigenvalue weighted by atomic mass is 19.1. The molecule has 0 spiro atoms. The number of hydrogen-bond donors (Lipinski definition) is 2. The van der Waals surface area contributed by atoms with Crippen molar-refractivity contribution in [2.24, 2.45) is 5.41 Å². The van der Waals surface area contributed by atoms with Crippen LogP contribution in [0.2, 0.25) is 11.6 Å². The Labute approximate surface area is 380 Å². The predicted molar refractivity (Wildman–Crippen MR) is 232 cm³/mol.